The van der Waals surface area contributed by atoms with Gasteiger partial charge in [0, 0.05) is 20.5 Å². The molecule has 0 N–H and O–H groups in total. The maximum atomic E-state index is 11.0. The van der Waals surface area contributed by atoms with Gasteiger partial charge in [0.05, 0.1) is 23.5 Å². The Bertz CT molecular complexity index is 335. The molecule has 78 valence electrons. The zero-order valence-electron chi connectivity index (χ0n) is 8.62. The van der Waals surface area contributed by atoms with Gasteiger partial charge in [0.2, 0.25) is 5.91 Å². The number of aryl methyl sites for hydroxylation is 1. The molecule has 5 heteroatoms. The van der Waals surface area contributed by atoms with Crippen molar-refractivity contribution in [1.29, 1.82) is 0 Å². The molecule has 0 radical (unpaired) electrons. The number of halogens is 1. The first kappa shape index (κ1) is 11.0. The molecule has 0 fully saturated rings. The summed E-state index contributed by atoms with van der Waals surface area (Å²) in [6, 6.07) is 0. The van der Waals surface area contributed by atoms with E-state index in [1.807, 2.05) is 6.92 Å². The molecule has 0 saturated carbocycles. The second kappa shape index (κ2) is 4.46. The fourth-order valence-corrected chi connectivity index (χ4v) is 1.35. The molecule has 1 aromatic rings. The van der Waals surface area contributed by atoms with Gasteiger partial charge in [-0.1, -0.05) is 11.6 Å². The van der Waals surface area contributed by atoms with Crippen LogP contribution in [0, 0.1) is 0 Å². The molecule has 0 saturated heterocycles. The largest absolute Gasteiger partial charge is 0.340 e. The monoisotopic (exact) mass is 215 g/mol. The summed E-state index contributed by atoms with van der Waals surface area (Å²) in [6.45, 7) is 4.77. The van der Waals surface area contributed by atoms with Crippen molar-refractivity contribution in [3.8, 4) is 0 Å². The van der Waals surface area contributed by atoms with E-state index in [9.17, 15) is 4.79 Å². The molecular formula is C9H14ClN3O. The van der Waals surface area contributed by atoms with Crippen LogP contribution in [0.2, 0.25) is 5.02 Å². The van der Waals surface area contributed by atoms with Gasteiger partial charge in [-0.3, -0.25) is 9.48 Å². The minimum atomic E-state index is 0.0184. The van der Waals surface area contributed by atoms with Crippen LogP contribution in [0.5, 0.6) is 0 Å². The number of aromatic nitrogens is 2. The minimum absolute atomic E-state index is 0.0184. The van der Waals surface area contributed by atoms with Gasteiger partial charge in [-0.15, -0.1) is 0 Å². The lowest BCUT2D eigenvalue weighted by Crippen LogP contribution is -2.24. The normalized spacial score (nSPS) is 10.3. The Morgan fingerprint density at radius 3 is 2.86 bits per heavy atom. The van der Waals surface area contributed by atoms with Crippen molar-refractivity contribution >= 4 is 17.5 Å². The molecular weight excluding hydrogens is 202 g/mol. The maximum absolute atomic E-state index is 11.0. The van der Waals surface area contributed by atoms with Crippen molar-refractivity contribution in [2.24, 2.45) is 0 Å². The zero-order chi connectivity index (χ0) is 10.7. The number of rotatable bonds is 3. The molecule has 14 heavy (non-hydrogen) atoms. The highest BCUT2D eigenvalue weighted by Gasteiger charge is 2.11. The molecule has 1 heterocycles. The first-order chi connectivity index (χ1) is 6.56. The first-order valence-electron chi connectivity index (χ1n) is 4.48. The molecule has 0 bridgehead atoms. The smallest absolute Gasteiger partial charge is 0.219 e. The first-order valence-corrected chi connectivity index (χ1v) is 4.86. The summed E-state index contributed by atoms with van der Waals surface area (Å²) in [5.41, 5.74) is 0.881. The van der Waals surface area contributed by atoms with Crippen molar-refractivity contribution in [1.82, 2.24) is 14.7 Å². The van der Waals surface area contributed by atoms with Crippen molar-refractivity contribution in [2.45, 2.75) is 26.9 Å². The number of amides is 1. The van der Waals surface area contributed by atoms with Crippen LogP contribution in [0.15, 0.2) is 6.20 Å². The van der Waals surface area contributed by atoms with E-state index in [1.165, 1.54) is 6.92 Å². The van der Waals surface area contributed by atoms with Gasteiger partial charge in [-0.05, 0) is 6.92 Å². The van der Waals surface area contributed by atoms with Crippen molar-refractivity contribution in [3.05, 3.63) is 16.9 Å². The number of nitrogens with zero attached hydrogens (tertiary/aromatic N) is 3. The van der Waals surface area contributed by atoms with Gasteiger partial charge in [0.15, 0.2) is 0 Å². The highest BCUT2D eigenvalue weighted by Crippen LogP contribution is 2.16. The highest BCUT2D eigenvalue weighted by atomic mass is 35.5. The standard InChI is InChI=1S/C9H14ClN3O/c1-4-13-9(8(10)5-11-13)6-12(3)7(2)14/h5H,4,6H2,1-3H3. The Balaban J connectivity index is 2.84. The average molecular weight is 216 g/mol. The maximum Gasteiger partial charge on any atom is 0.219 e. The molecule has 1 amide bonds. The Labute approximate surface area is 88.5 Å². The third-order valence-corrected chi connectivity index (χ3v) is 2.44. The van der Waals surface area contributed by atoms with Crippen LogP contribution in [-0.2, 0) is 17.9 Å². The van der Waals surface area contributed by atoms with E-state index in [0.717, 1.165) is 12.2 Å². The molecule has 0 atom stereocenters. The highest BCUT2D eigenvalue weighted by molar-refractivity contribution is 6.31. The average Bonchev–Trinajstić information content (AvgIpc) is 2.47. The van der Waals surface area contributed by atoms with E-state index in [2.05, 4.69) is 5.10 Å². The lowest BCUT2D eigenvalue weighted by Gasteiger charge is -2.15. The Morgan fingerprint density at radius 1 is 1.71 bits per heavy atom. The molecule has 0 aliphatic carbocycles. The topological polar surface area (TPSA) is 38.1 Å². The van der Waals surface area contributed by atoms with Gasteiger partial charge < -0.3 is 4.90 Å². The lowest BCUT2D eigenvalue weighted by molar-refractivity contribution is -0.128. The summed E-state index contributed by atoms with van der Waals surface area (Å²) in [5.74, 6) is 0.0184. The van der Waals surface area contributed by atoms with Crippen LogP contribution in [-0.4, -0.2) is 27.6 Å². The molecule has 1 rings (SSSR count). The van der Waals surface area contributed by atoms with Gasteiger partial charge in [-0.25, -0.2) is 0 Å². The summed E-state index contributed by atoms with van der Waals surface area (Å²) in [6.07, 6.45) is 1.61. The predicted molar refractivity (Wildman–Crippen MR) is 55.1 cm³/mol. The Morgan fingerprint density at radius 2 is 2.36 bits per heavy atom. The third-order valence-electron chi connectivity index (χ3n) is 2.12. The second-order valence-corrected chi connectivity index (χ2v) is 3.54. The van der Waals surface area contributed by atoms with E-state index >= 15 is 0 Å². The Kier molecular flexibility index (Phi) is 3.52. The summed E-state index contributed by atoms with van der Waals surface area (Å²) in [7, 11) is 1.74. The van der Waals surface area contributed by atoms with E-state index < -0.39 is 0 Å². The number of hydrogen-bond acceptors (Lipinski definition) is 2. The van der Waals surface area contributed by atoms with Crippen LogP contribution in [0.1, 0.15) is 19.5 Å². The van der Waals surface area contributed by atoms with Crippen LogP contribution in [0.25, 0.3) is 0 Å². The van der Waals surface area contributed by atoms with Gasteiger partial charge in [-0.2, -0.15) is 5.10 Å². The van der Waals surface area contributed by atoms with Gasteiger partial charge in [0.25, 0.3) is 0 Å². The number of carbonyl (C=O) groups excluding carboxylic acids is 1. The minimum Gasteiger partial charge on any atom is -0.340 e. The van der Waals surface area contributed by atoms with E-state index in [1.54, 1.807) is 22.8 Å². The summed E-state index contributed by atoms with van der Waals surface area (Å²) >= 11 is 5.95. The van der Waals surface area contributed by atoms with Crippen molar-refractivity contribution in [3.63, 3.8) is 0 Å². The van der Waals surface area contributed by atoms with Crippen LogP contribution < -0.4 is 0 Å². The van der Waals surface area contributed by atoms with Gasteiger partial charge in [0.1, 0.15) is 0 Å². The molecule has 4 nitrogen and oxygen atoms in total. The second-order valence-electron chi connectivity index (χ2n) is 3.13. The SMILES string of the molecule is CCn1ncc(Cl)c1CN(C)C(C)=O. The van der Waals surface area contributed by atoms with Crippen molar-refractivity contribution < 1.29 is 4.79 Å². The molecule has 0 spiro atoms. The lowest BCUT2D eigenvalue weighted by atomic mass is 10.4. The molecule has 0 aromatic carbocycles. The molecule has 0 aliphatic rings. The Hall–Kier alpha value is -1.03. The van der Waals surface area contributed by atoms with Crippen LogP contribution in [0.4, 0.5) is 0 Å². The molecule has 0 unspecified atom stereocenters. The van der Waals surface area contributed by atoms with Crippen molar-refractivity contribution in [2.75, 3.05) is 7.05 Å². The zero-order valence-corrected chi connectivity index (χ0v) is 9.38. The quantitative estimate of drug-likeness (QED) is 0.767. The van der Waals surface area contributed by atoms with Crippen LogP contribution >= 0.6 is 11.6 Å². The number of carbonyl (C=O) groups is 1. The third kappa shape index (κ3) is 2.26. The molecule has 1 aromatic heterocycles. The number of hydrogen-bond donors (Lipinski definition) is 0. The fraction of sp³-hybridized carbons (Fsp3) is 0.556. The summed E-state index contributed by atoms with van der Waals surface area (Å²) in [5, 5.41) is 4.70. The molecule has 0 aliphatic heterocycles. The van der Waals surface area contributed by atoms with E-state index in [-0.39, 0.29) is 5.91 Å². The fourth-order valence-electron chi connectivity index (χ4n) is 1.15. The summed E-state index contributed by atoms with van der Waals surface area (Å²) < 4.78 is 1.79. The van der Waals surface area contributed by atoms with Gasteiger partial charge >= 0.3 is 0 Å². The predicted octanol–water partition coefficient (Wildman–Crippen LogP) is 1.53. The van der Waals surface area contributed by atoms with E-state index in [0.29, 0.717) is 11.6 Å². The van der Waals surface area contributed by atoms with E-state index in [4.69, 9.17) is 11.6 Å². The van der Waals surface area contributed by atoms with Crippen LogP contribution in [0.3, 0.4) is 0 Å². The summed E-state index contributed by atoms with van der Waals surface area (Å²) in [4.78, 5) is 12.6.